The van der Waals surface area contributed by atoms with Crippen LogP contribution in [-0.4, -0.2) is 14.1 Å². The van der Waals surface area contributed by atoms with Crippen LogP contribution in [0.4, 0.5) is 0 Å². The molecule has 3 aromatic heterocycles. The molecule has 8 aromatic rings. The molecule has 0 spiro atoms. The lowest BCUT2D eigenvalue weighted by atomic mass is 9.82. The van der Waals surface area contributed by atoms with Gasteiger partial charge in [0.25, 0.3) is 0 Å². The molecule has 9 rings (SSSR count). The smallest absolute Gasteiger partial charge is 0.140 e. The minimum absolute atomic E-state index is 0.153. The highest BCUT2D eigenvalue weighted by Gasteiger charge is 2.36. The average molecular weight is 576 g/mol. The molecule has 0 radical (unpaired) electrons. The third-order valence-corrected chi connectivity index (χ3v) is 9.58. The second-order valence-electron chi connectivity index (χ2n) is 12.3. The van der Waals surface area contributed by atoms with Gasteiger partial charge in [-0.25, -0.2) is 4.98 Å². The molecule has 0 atom stereocenters. The van der Waals surface area contributed by atoms with Crippen molar-refractivity contribution in [1.29, 1.82) is 10.5 Å². The van der Waals surface area contributed by atoms with Crippen LogP contribution in [0.15, 0.2) is 115 Å². The summed E-state index contributed by atoms with van der Waals surface area (Å²) in [6, 6.07) is 44.1. The average Bonchev–Trinajstić information content (AvgIpc) is 3.66. The summed E-state index contributed by atoms with van der Waals surface area (Å²) in [7, 11) is 0. The number of fused-ring (bicyclic) bond motifs is 9. The zero-order valence-corrected chi connectivity index (χ0v) is 24.7. The maximum absolute atomic E-state index is 9.81. The Kier molecular flexibility index (Phi) is 5.03. The minimum atomic E-state index is -0.153. The molecule has 3 heterocycles. The Morgan fingerprint density at radius 2 is 1.09 bits per heavy atom. The molecule has 0 bridgehead atoms. The summed E-state index contributed by atoms with van der Waals surface area (Å²) in [6.07, 6.45) is 0. The number of benzene rings is 5. The second-order valence-corrected chi connectivity index (χ2v) is 12.3. The van der Waals surface area contributed by atoms with Gasteiger partial charge in [0.15, 0.2) is 0 Å². The Morgan fingerprint density at radius 1 is 0.511 bits per heavy atom. The van der Waals surface area contributed by atoms with Crippen molar-refractivity contribution in [1.82, 2.24) is 14.1 Å². The third-order valence-electron chi connectivity index (χ3n) is 9.58. The fourth-order valence-electron chi connectivity index (χ4n) is 7.48. The normalized spacial score (nSPS) is 13.2. The van der Waals surface area contributed by atoms with E-state index in [9.17, 15) is 10.5 Å². The zero-order chi connectivity index (χ0) is 30.4. The summed E-state index contributed by atoms with van der Waals surface area (Å²) in [5, 5.41) is 23.6. The first kappa shape index (κ1) is 25.3. The fourth-order valence-corrected chi connectivity index (χ4v) is 7.48. The SMILES string of the molecule is CC1(C)c2ccccc2-c2cc3c4cc(C#N)ccc4n(-c4cccc(-n5c6ccccc6c6cc(C#N)ccc65)n4)c3cc21. The summed E-state index contributed by atoms with van der Waals surface area (Å²) in [5.74, 6) is 1.59. The molecule has 0 saturated carbocycles. The van der Waals surface area contributed by atoms with Crippen LogP contribution < -0.4 is 0 Å². The van der Waals surface area contributed by atoms with E-state index in [1.54, 1.807) is 0 Å². The van der Waals surface area contributed by atoms with Crippen LogP contribution in [0.3, 0.4) is 0 Å². The van der Waals surface area contributed by atoms with Crippen molar-refractivity contribution in [2.24, 2.45) is 0 Å². The third kappa shape index (κ3) is 3.38. The van der Waals surface area contributed by atoms with Crippen molar-refractivity contribution in [3.05, 3.63) is 138 Å². The van der Waals surface area contributed by atoms with Gasteiger partial charge in [-0.3, -0.25) is 9.13 Å². The maximum Gasteiger partial charge on any atom is 0.140 e. The molecular weight excluding hydrogens is 550 g/mol. The Bertz CT molecular complexity index is 2650. The highest BCUT2D eigenvalue weighted by molar-refractivity contribution is 6.12. The predicted molar refractivity (Wildman–Crippen MR) is 180 cm³/mol. The maximum atomic E-state index is 9.81. The molecule has 5 nitrogen and oxygen atoms in total. The van der Waals surface area contributed by atoms with E-state index in [2.05, 4.69) is 95.8 Å². The van der Waals surface area contributed by atoms with Crippen LogP contribution in [0.25, 0.3) is 66.4 Å². The first-order valence-corrected chi connectivity index (χ1v) is 15.0. The van der Waals surface area contributed by atoms with E-state index in [4.69, 9.17) is 4.98 Å². The van der Waals surface area contributed by atoms with E-state index in [-0.39, 0.29) is 5.41 Å². The molecule has 45 heavy (non-hydrogen) atoms. The van der Waals surface area contributed by atoms with Crippen LogP contribution in [0.2, 0.25) is 0 Å². The number of hydrogen-bond acceptors (Lipinski definition) is 3. The summed E-state index contributed by atoms with van der Waals surface area (Å²) < 4.78 is 4.41. The minimum Gasteiger partial charge on any atom is -0.294 e. The van der Waals surface area contributed by atoms with Gasteiger partial charge in [-0.1, -0.05) is 62.4 Å². The first-order chi connectivity index (χ1) is 22.0. The van der Waals surface area contributed by atoms with Gasteiger partial charge in [0.1, 0.15) is 11.6 Å². The summed E-state index contributed by atoms with van der Waals surface area (Å²) in [4.78, 5) is 5.31. The molecule has 210 valence electrons. The Labute approximate surface area is 259 Å². The molecule has 0 saturated heterocycles. The van der Waals surface area contributed by atoms with Gasteiger partial charge in [0, 0.05) is 27.0 Å². The van der Waals surface area contributed by atoms with Gasteiger partial charge < -0.3 is 0 Å². The van der Waals surface area contributed by atoms with Gasteiger partial charge in [-0.15, -0.1) is 0 Å². The van der Waals surface area contributed by atoms with Crippen LogP contribution in [0, 0.1) is 22.7 Å². The van der Waals surface area contributed by atoms with Crippen LogP contribution in [0.1, 0.15) is 36.1 Å². The van der Waals surface area contributed by atoms with Crippen molar-refractivity contribution in [2.75, 3.05) is 0 Å². The molecule has 0 aliphatic heterocycles. The number of rotatable bonds is 2. The lowest BCUT2D eigenvalue weighted by molar-refractivity contribution is 0.661. The molecule has 0 unspecified atom stereocenters. The summed E-state index contributed by atoms with van der Waals surface area (Å²) in [5.41, 5.74) is 10.3. The molecule has 5 aromatic carbocycles. The van der Waals surface area contributed by atoms with Crippen molar-refractivity contribution in [3.63, 3.8) is 0 Å². The van der Waals surface area contributed by atoms with Gasteiger partial charge >= 0.3 is 0 Å². The standard InChI is InChI=1S/C40H25N5/c1-40(2)32-10-5-3-8-26(32)28-20-31-30-19-25(23-42)15-17-36(30)45(37(31)21-33(28)40)39-13-7-12-38(43-39)44-34-11-6-4-9-27(34)29-18-24(22-41)14-16-35(29)44/h3-21H,1-2H3. The van der Waals surface area contributed by atoms with Crippen LogP contribution in [0.5, 0.6) is 0 Å². The Balaban J connectivity index is 1.34. The molecule has 0 fully saturated rings. The predicted octanol–water partition coefficient (Wildman–Crippen LogP) is 9.33. The number of nitrogens with zero attached hydrogens (tertiary/aromatic N) is 5. The quantitative estimate of drug-likeness (QED) is 0.206. The zero-order valence-electron chi connectivity index (χ0n) is 24.7. The van der Waals surface area contributed by atoms with E-state index < -0.39 is 0 Å². The summed E-state index contributed by atoms with van der Waals surface area (Å²) >= 11 is 0. The van der Waals surface area contributed by atoms with Crippen LogP contribution >= 0.6 is 0 Å². The highest BCUT2D eigenvalue weighted by atomic mass is 15.1. The lowest BCUT2D eigenvalue weighted by Crippen LogP contribution is -2.15. The first-order valence-electron chi connectivity index (χ1n) is 15.0. The molecule has 1 aliphatic carbocycles. The van der Waals surface area contributed by atoms with Crippen LogP contribution in [-0.2, 0) is 5.41 Å². The summed E-state index contributed by atoms with van der Waals surface area (Å²) in [6.45, 7) is 4.59. The van der Waals surface area contributed by atoms with E-state index >= 15 is 0 Å². The Morgan fingerprint density at radius 3 is 1.80 bits per heavy atom. The number of hydrogen-bond donors (Lipinski definition) is 0. The number of pyridine rings is 1. The topological polar surface area (TPSA) is 70.3 Å². The van der Waals surface area contributed by atoms with Crippen molar-refractivity contribution in [2.45, 2.75) is 19.3 Å². The molecule has 1 aliphatic rings. The number of nitriles is 2. The van der Waals surface area contributed by atoms with Gasteiger partial charge in [-0.2, -0.15) is 10.5 Å². The van der Waals surface area contributed by atoms with E-state index in [1.807, 2.05) is 54.6 Å². The number of para-hydroxylation sites is 1. The van der Waals surface area contributed by atoms with Crippen molar-refractivity contribution >= 4 is 43.6 Å². The van der Waals surface area contributed by atoms with Crippen molar-refractivity contribution in [3.8, 4) is 34.9 Å². The molecule has 0 N–H and O–H groups in total. The fraction of sp³-hybridized carbons (Fsp3) is 0.0750. The van der Waals surface area contributed by atoms with Gasteiger partial charge in [-0.05, 0) is 89.0 Å². The highest BCUT2D eigenvalue weighted by Crippen LogP contribution is 2.51. The Hall–Kier alpha value is -6.17. The molecule has 0 amide bonds. The monoisotopic (exact) mass is 575 g/mol. The second kappa shape index (κ2) is 8.92. The van der Waals surface area contributed by atoms with E-state index in [0.717, 1.165) is 55.2 Å². The van der Waals surface area contributed by atoms with Gasteiger partial charge in [0.05, 0.1) is 45.3 Å². The molecule has 5 heteroatoms. The van der Waals surface area contributed by atoms with E-state index in [0.29, 0.717) is 11.1 Å². The molecular formula is C40H25N5. The largest absolute Gasteiger partial charge is 0.294 e. The number of aromatic nitrogens is 3. The van der Waals surface area contributed by atoms with Crippen molar-refractivity contribution < 1.29 is 0 Å². The lowest BCUT2D eigenvalue weighted by Gasteiger charge is -2.21. The van der Waals surface area contributed by atoms with E-state index in [1.165, 1.54) is 22.3 Å². The van der Waals surface area contributed by atoms with Gasteiger partial charge in [0.2, 0.25) is 0 Å².